The lowest BCUT2D eigenvalue weighted by Crippen LogP contribution is -2.49. The Bertz CT molecular complexity index is 724. The Morgan fingerprint density at radius 2 is 1.60 bits per heavy atom. The number of ether oxygens (including phenoxy) is 2. The van der Waals surface area contributed by atoms with E-state index in [1.165, 1.54) is 0 Å². The fourth-order valence-electron chi connectivity index (χ4n) is 3.14. The first kappa shape index (κ1) is 17.1. The largest absolute Gasteiger partial charge is 0.496 e. The number of methoxy groups -OCH3 is 1. The van der Waals surface area contributed by atoms with E-state index in [0.717, 1.165) is 24.5 Å². The number of rotatable bonds is 5. The number of nitrogens with zero attached hydrogens (tertiary/aromatic N) is 2. The van der Waals surface area contributed by atoms with E-state index >= 15 is 0 Å². The van der Waals surface area contributed by atoms with Crippen molar-refractivity contribution < 1.29 is 14.3 Å². The molecule has 1 amide bonds. The number of piperazine rings is 1. The van der Waals surface area contributed by atoms with Gasteiger partial charge in [0.2, 0.25) is 0 Å². The van der Waals surface area contributed by atoms with E-state index in [-0.39, 0.29) is 5.91 Å². The van der Waals surface area contributed by atoms with Gasteiger partial charge in [-0.05, 0) is 31.2 Å². The van der Waals surface area contributed by atoms with Crippen molar-refractivity contribution in [3.05, 3.63) is 54.1 Å². The van der Waals surface area contributed by atoms with Crippen LogP contribution in [0, 0.1) is 0 Å². The predicted octanol–water partition coefficient (Wildman–Crippen LogP) is 3.06. The highest BCUT2D eigenvalue weighted by molar-refractivity contribution is 5.97. The first-order valence-electron chi connectivity index (χ1n) is 8.63. The van der Waals surface area contributed by atoms with Gasteiger partial charge >= 0.3 is 0 Å². The van der Waals surface area contributed by atoms with Gasteiger partial charge < -0.3 is 19.3 Å². The fourth-order valence-corrected chi connectivity index (χ4v) is 3.14. The third-order valence-corrected chi connectivity index (χ3v) is 4.41. The molecule has 0 saturated carbocycles. The van der Waals surface area contributed by atoms with E-state index < -0.39 is 0 Å². The second kappa shape index (κ2) is 7.92. The first-order chi connectivity index (χ1) is 12.2. The van der Waals surface area contributed by atoms with Crippen molar-refractivity contribution in [2.45, 2.75) is 6.92 Å². The van der Waals surface area contributed by atoms with Crippen LogP contribution in [0.2, 0.25) is 0 Å². The standard InChI is InChI=1S/C20H24N2O3/c1-3-25-19-11-7-5-9-17(19)21-12-14-22(15-13-21)20(23)16-8-4-6-10-18(16)24-2/h4-11H,3,12-15H2,1-2H3. The van der Waals surface area contributed by atoms with E-state index in [1.807, 2.05) is 54.3 Å². The molecule has 2 aromatic rings. The van der Waals surface area contributed by atoms with Crippen molar-refractivity contribution in [2.24, 2.45) is 0 Å². The number of carbonyl (C=O) groups is 1. The minimum atomic E-state index is 0.0233. The molecule has 0 radical (unpaired) electrons. The molecule has 1 saturated heterocycles. The van der Waals surface area contributed by atoms with E-state index in [9.17, 15) is 4.79 Å². The number of hydrogen-bond acceptors (Lipinski definition) is 4. The van der Waals surface area contributed by atoms with Gasteiger partial charge in [-0.1, -0.05) is 24.3 Å². The van der Waals surface area contributed by atoms with Gasteiger partial charge in [-0.15, -0.1) is 0 Å². The summed E-state index contributed by atoms with van der Waals surface area (Å²) in [6.07, 6.45) is 0. The molecule has 1 heterocycles. The lowest BCUT2D eigenvalue weighted by Gasteiger charge is -2.36. The Labute approximate surface area is 148 Å². The second-order valence-electron chi connectivity index (χ2n) is 5.88. The number of carbonyl (C=O) groups excluding carboxylic acids is 1. The maximum atomic E-state index is 12.8. The van der Waals surface area contributed by atoms with Crippen molar-refractivity contribution in [1.82, 2.24) is 4.90 Å². The molecule has 0 unspecified atom stereocenters. The Balaban J connectivity index is 1.69. The molecule has 5 nitrogen and oxygen atoms in total. The molecule has 1 aliphatic rings. The van der Waals surface area contributed by atoms with E-state index in [1.54, 1.807) is 7.11 Å². The average Bonchev–Trinajstić information content (AvgIpc) is 2.68. The summed E-state index contributed by atoms with van der Waals surface area (Å²) < 4.78 is 11.0. The molecule has 0 bridgehead atoms. The molecule has 3 rings (SSSR count). The molecule has 1 fully saturated rings. The summed E-state index contributed by atoms with van der Waals surface area (Å²) in [5, 5.41) is 0. The van der Waals surface area contributed by atoms with Crippen LogP contribution in [0.25, 0.3) is 0 Å². The van der Waals surface area contributed by atoms with Crippen LogP contribution in [0.4, 0.5) is 5.69 Å². The van der Waals surface area contributed by atoms with Crippen molar-refractivity contribution in [2.75, 3.05) is 44.8 Å². The summed E-state index contributed by atoms with van der Waals surface area (Å²) in [4.78, 5) is 17.0. The van der Waals surface area contributed by atoms with Gasteiger partial charge in [0.15, 0.2) is 0 Å². The molecular weight excluding hydrogens is 316 g/mol. The number of para-hydroxylation sites is 3. The van der Waals surface area contributed by atoms with Gasteiger partial charge in [-0.3, -0.25) is 4.79 Å². The summed E-state index contributed by atoms with van der Waals surface area (Å²) in [5.41, 5.74) is 1.71. The lowest BCUT2D eigenvalue weighted by molar-refractivity contribution is 0.0743. The van der Waals surface area contributed by atoms with E-state index in [2.05, 4.69) is 11.0 Å². The highest BCUT2D eigenvalue weighted by Crippen LogP contribution is 2.29. The Morgan fingerprint density at radius 3 is 2.28 bits per heavy atom. The molecule has 0 spiro atoms. The lowest BCUT2D eigenvalue weighted by atomic mass is 10.1. The summed E-state index contributed by atoms with van der Waals surface area (Å²) >= 11 is 0. The maximum absolute atomic E-state index is 12.8. The summed E-state index contributed by atoms with van der Waals surface area (Å²) in [5.74, 6) is 1.54. The van der Waals surface area contributed by atoms with Crippen LogP contribution in [0.5, 0.6) is 11.5 Å². The molecular formula is C20H24N2O3. The average molecular weight is 340 g/mol. The number of benzene rings is 2. The number of anilines is 1. The van der Waals surface area contributed by atoms with Crippen molar-refractivity contribution in [1.29, 1.82) is 0 Å². The van der Waals surface area contributed by atoms with Gasteiger partial charge in [-0.2, -0.15) is 0 Å². The SMILES string of the molecule is CCOc1ccccc1N1CCN(C(=O)c2ccccc2OC)CC1. The van der Waals surface area contributed by atoms with E-state index in [0.29, 0.717) is 31.0 Å². The van der Waals surface area contributed by atoms with Gasteiger partial charge in [0.25, 0.3) is 5.91 Å². The summed E-state index contributed by atoms with van der Waals surface area (Å²) in [6.45, 7) is 5.55. The van der Waals surface area contributed by atoms with Crippen LogP contribution in [0.1, 0.15) is 17.3 Å². The predicted molar refractivity (Wildman–Crippen MR) is 98.7 cm³/mol. The van der Waals surface area contributed by atoms with Crippen LogP contribution in [0.3, 0.4) is 0 Å². The van der Waals surface area contributed by atoms with Crippen LogP contribution < -0.4 is 14.4 Å². The maximum Gasteiger partial charge on any atom is 0.257 e. The molecule has 132 valence electrons. The zero-order valence-corrected chi connectivity index (χ0v) is 14.8. The third-order valence-electron chi connectivity index (χ3n) is 4.41. The molecule has 0 aromatic heterocycles. The molecule has 0 atom stereocenters. The third kappa shape index (κ3) is 3.71. The highest BCUT2D eigenvalue weighted by Gasteiger charge is 2.25. The summed E-state index contributed by atoms with van der Waals surface area (Å²) in [7, 11) is 1.59. The summed E-state index contributed by atoms with van der Waals surface area (Å²) in [6, 6.07) is 15.4. The van der Waals surface area contributed by atoms with Crippen molar-refractivity contribution >= 4 is 11.6 Å². The molecule has 2 aromatic carbocycles. The van der Waals surface area contributed by atoms with Gasteiger partial charge in [-0.25, -0.2) is 0 Å². The first-order valence-corrected chi connectivity index (χ1v) is 8.63. The Kier molecular flexibility index (Phi) is 5.43. The Morgan fingerprint density at radius 1 is 0.960 bits per heavy atom. The zero-order chi connectivity index (χ0) is 17.6. The molecule has 5 heteroatoms. The topological polar surface area (TPSA) is 42.0 Å². The van der Waals surface area contributed by atoms with Gasteiger partial charge in [0, 0.05) is 26.2 Å². The van der Waals surface area contributed by atoms with Crippen LogP contribution in [0.15, 0.2) is 48.5 Å². The fraction of sp³-hybridized carbons (Fsp3) is 0.350. The van der Waals surface area contributed by atoms with Gasteiger partial charge in [0.1, 0.15) is 11.5 Å². The molecule has 25 heavy (non-hydrogen) atoms. The molecule has 1 aliphatic heterocycles. The second-order valence-corrected chi connectivity index (χ2v) is 5.88. The minimum absolute atomic E-state index is 0.0233. The van der Waals surface area contributed by atoms with E-state index in [4.69, 9.17) is 9.47 Å². The number of amides is 1. The van der Waals surface area contributed by atoms with Crippen molar-refractivity contribution in [3.8, 4) is 11.5 Å². The minimum Gasteiger partial charge on any atom is -0.496 e. The highest BCUT2D eigenvalue weighted by atomic mass is 16.5. The quantitative estimate of drug-likeness (QED) is 0.839. The van der Waals surface area contributed by atoms with Gasteiger partial charge in [0.05, 0.1) is 25.0 Å². The zero-order valence-electron chi connectivity index (χ0n) is 14.8. The normalized spacial score (nSPS) is 14.3. The van der Waals surface area contributed by atoms with Crippen LogP contribution >= 0.6 is 0 Å². The molecule has 0 aliphatic carbocycles. The van der Waals surface area contributed by atoms with Crippen molar-refractivity contribution in [3.63, 3.8) is 0 Å². The van der Waals surface area contributed by atoms with Crippen LogP contribution in [-0.4, -0.2) is 50.7 Å². The smallest absolute Gasteiger partial charge is 0.257 e. The number of hydrogen-bond donors (Lipinski definition) is 0. The molecule has 0 N–H and O–H groups in total. The monoisotopic (exact) mass is 340 g/mol. The Hall–Kier alpha value is -2.69. The van der Waals surface area contributed by atoms with Crippen LogP contribution in [-0.2, 0) is 0 Å².